The maximum Gasteiger partial charge on any atom is 0.123 e. The van der Waals surface area contributed by atoms with Crippen molar-refractivity contribution < 1.29 is 9.13 Å². The van der Waals surface area contributed by atoms with E-state index in [1.54, 1.807) is 13.2 Å². The second kappa shape index (κ2) is 5.87. The number of halogens is 2. The Labute approximate surface area is 111 Å². The number of hydrogen-bond donors (Lipinski definition) is 0. The van der Waals surface area contributed by atoms with Crippen molar-refractivity contribution in [1.82, 2.24) is 0 Å². The third-order valence-electron chi connectivity index (χ3n) is 2.78. The highest BCUT2D eigenvalue weighted by Gasteiger charge is 2.13. The lowest BCUT2D eigenvalue weighted by Crippen LogP contribution is -1.99. The average Bonchev–Trinajstić information content (AvgIpc) is 2.38. The van der Waals surface area contributed by atoms with Gasteiger partial charge in [0, 0.05) is 5.56 Å². The summed E-state index contributed by atoms with van der Waals surface area (Å²) < 4.78 is 18.4. The smallest absolute Gasteiger partial charge is 0.123 e. The SMILES string of the molecule is COc1ccccc1C(Cl)Cc1cccc(F)c1. The molecule has 0 radical (unpaired) electrons. The van der Waals surface area contributed by atoms with Gasteiger partial charge in [0.1, 0.15) is 11.6 Å². The third-order valence-corrected chi connectivity index (χ3v) is 3.17. The standard InChI is InChI=1S/C15H14ClFO/c1-18-15-8-3-2-7-13(15)14(16)10-11-5-4-6-12(17)9-11/h2-9,14H,10H2,1H3. The maximum atomic E-state index is 13.1. The highest BCUT2D eigenvalue weighted by molar-refractivity contribution is 6.21. The molecule has 3 heteroatoms. The molecule has 0 amide bonds. The third kappa shape index (κ3) is 3.02. The summed E-state index contributed by atoms with van der Waals surface area (Å²) in [7, 11) is 1.62. The Morgan fingerprint density at radius 1 is 1.17 bits per heavy atom. The molecule has 2 aromatic rings. The fourth-order valence-electron chi connectivity index (χ4n) is 1.91. The zero-order chi connectivity index (χ0) is 13.0. The number of rotatable bonds is 4. The van der Waals surface area contributed by atoms with Crippen LogP contribution in [-0.4, -0.2) is 7.11 Å². The molecule has 0 aliphatic rings. The van der Waals surface area contributed by atoms with E-state index in [-0.39, 0.29) is 11.2 Å². The molecule has 0 saturated heterocycles. The quantitative estimate of drug-likeness (QED) is 0.746. The van der Waals surface area contributed by atoms with Gasteiger partial charge in [-0.25, -0.2) is 4.39 Å². The summed E-state index contributed by atoms with van der Waals surface area (Å²) in [5, 5.41) is -0.233. The van der Waals surface area contributed by atoms with E-state index in [2.05, 4.69) is 0 Å². The van der Waals surface area contributed by atoms with Gasteiger partial charge in [0.2, 0.25) is 0 Å². The Morgan fingerprint density at radius 2 is 1.94 bits per heavy atom. The molecule has 94 valence electrons. The summed E-state index contributed by atoms with van der Waals surface area (Å²) in [6.45, 7) is 0. The van der Waals surface area contributed by atoms with Gasteiger partial charge in [0.25, 0.3) is 0 Å². The van der Waals surface area contributed by atoms with E-state index >= 15 is 0 Å². The fourth-order valence-corrected chi connectivity index (χ4v) is 2.26. The van der Waals surface area contributed by atoms with Gasteiger partial charge >= 0.3 is 0 Å². The van der Waals surface area contributed by atoms with Gasteiger partial charge in [-0.3, -0.25) is 0 Å². The molecule has 0 aliphatic heterocycles. The second-order valence-electron chi connectivity index (χ2n) is 4.04. The lowest BCUT2D eigenvalue weighted by atomic mass is 10.0. The molecular formula is C15H14ClFO. The van der Waals surface area contributed by atoms with Crippen molar-refractivity contribution in [3.05, 3.63) is 65.5 Å². The van der Waals surface area contributed by atoms with Gasteiger partial charge in [-0.05, 0) is 30.2 Å². The zero-order valence-electron chi connectivity index (χ0n) is 10.1. The number of benzene rings is 2. The lowest BCUT2D eigenvalue weighted by Gasteiger charge is -2.13. The average molecular weight is 265 g/mol. The van der Waals surface area contributed by atoms with Crippen LogP contribution in [0.4, 0.5) is 4.39 Å². The van der Waals surface area contributed by atoms with Crippen LogP contribution in [0.3, 0.4) is 0 Å². The maximum absolute atomic E-state index is 13.1. The van der Waals surface area contributed by atoms with E-state index in [1.165, 1.54) is 12.1 Å². The topological polar surface area (TPSA) is 9.23 Å². The minimum Gasteiger partial charge on any atom is -0.496 e. The Bertz CT molecular complexity index is 527. The van der Waals surface area contributed by atoms with Gasteiger partial charge in [-0.2, -0.15) is 0 Å². The first-order valence-corrected chi connectivity index (χ1v) is 6.16. The van der Waals surface area contributed by atoms with Crippen molar-refractivity contribution in [1.29, 1.82) is 0 Å². The van der Waals surface area contributed by atoms with Crippen LogP contribution >= 0.6 is 11.6 Å². The van der Waals surface area contributed by atoms with E-state index in [0.29, 0.717) is 6.42 Å². The van der Waals surface area contributed by atoms with Crippen molar-refractivity contribution in [3.8, 4) is 5.75 Å². The molecule has 2 aromatic carbocycles. The molecule has 0 aromatic heterocycles. The summed E-state index contributed by atoms with van der Waals surface area (Å²) in [4.78, 5) is 0. The highest BCUT2D eigenvalue weighted by atomic mass is 35.5. The van der Waals surface area contributed by atoms with E-state index in [4.69, 9.17) is 16.3 Å². The van der Waals surface area contributed by atoms with Crippen LogP contribution in [0.5, 0.6) is 5.75 Å². The van der Waals surface area contributed by atoms with Crippen LogP contribution in [0, 0.1) is 5.82 Å². The molecule has 0 fully saturated rings. The molecule has 0 heterocycles. The number of alkyl halides is 1. The Hall–Kier alpha value is -1.54. The van der Waals surface area contributed by atoms with Gasteiger partial charge in [0.05, 0.1) is 12.5 Å². The molecule has 0 aliphatic carbocycles. The highest BCUT2D eigenvalue weighted by Crippen LogP contribution is 2.32. The number of hydrogen-bond acceptors (Lipinski definition) is 1. The first-order chi connectivity index (χ1) is 8.70. The molecule has 18 heavy (non-hydrogen) atoms. The molecule has 0 bridgehead atoms. The largest absolute Gasteiger partial charge is 0.496 e. The summed E-state index contributed by atoms with van der Waals surface area (Å²) in [5.74, 6) is 0.519. The van der Waals surface area contributed by atoms with Crippen molar-refractivity contribution in [2.45, 2.75) is 11.8 Å². The lowest BCUT2D eigenvalue weighted by molar-refractivity contribution is 0.409. The van der Waals surface area contributed by atoms with Crippen molar-refractivity contribution in [2.75, 3.05) is 7.11 Å². The van der Waals surface area contributed by atoms with Crippen molar-refractivity contribution >= 4 is 11.6 Å². The van der Waals surface area contributed by atoms with Gasteiger partial charge in [0.15, 0.2) is 0 Å². The minimum absolute atomic E-state index is 0.233. The monoisotopic (exact) mass is 264 g/mol. The summed E-state index contributed by atoms with van der Waals surface area (Å²) in [6.07, 6.45) is 0.569. The second-order valence-corrected chi connectivity index (χ2v) is 4.57. The Kier molecular flexibility index (Phi) is 4.21. The number of para-hydroxylation sites is 1. The molecule has 2 rings (SSSR count). The summed E-state index contributed by atoms with van der Waals surface area (Å²) in [6, 6.07) is 14.1. The van der Waals surface area contributed by atoms with Crippen LogP contribution in [-0.2, 0) is 6.42 Å². The minimum atomic E-state index is -0.239. The number of methoxy groups -OCH3 is 1. The van der Waals surface area contributed by atoms with E-state index in [0.717, 1.165) is 16.9 Å². The molecule has 1 atom stereocenters. The fraction of sp³-hybridized carbons (Fsp3) is 0.200. The molecule has 1 nitrogen and oxygen atoms in total. The van der Waals surface area contributed by atoms with Crippen LogP contribution in [0.1, 0.15) is 16.5 Å². The Morgan fingerprint density at radius 3 is 2.67 bits per heavy atom. The van der Waals surface area contributed by atoms with E-state index in [9.17, 15) is 4.39 Å². The van der Waals surface area contributed by atoms with Crippen molar-refractivity contribution in [2.24, 2.45) is 0 Å². The molecule has 0 N–H and O–H groups in total. The predicted molar refractivity (Wildman–Crippen MR) is 71.7 cm³/mol. The zero-order valence-corrected chi connectivity index (χ0v) is 10.8. The molecule has 0 spiro atoms. The van der Waals surface area contributed by atoms with E-state index < -0.39 is 0 Å². The normalized spacial score (nSPS) is 12.2. The Balaban J connectivity index is 2.19. The van der Waals surface area contributed by atoms with Crippen LogP contribution < -0.4 is 4.74 Å². The van der Waals surface area contributed by atoms with Crippen LogP contribution in [0.25, 0.3) is 0 Å². The molecule has 0 saturated carbocycles. The van der Waals surface area contributed by atoms with Crippen LogP contribution in [0.2, 0.25) is 0 Å². The van der Waals surface area contributed by atoms with Gasteiger partial charge in [-0.1, -0.05) is 30.3 Å². The van der Waals surface area contributed by atoms with E-state index in [1.807, 2.05) is 30.3 Å². The summed E-state index contributed by atoms with van der Waals surface area (Å²) >= 11 is 6.37. The first kappa shape index (κ1) is 12.9. The molecular weight excluding hydrogens is 251 g/mol. The summed E-state index contributed by atoms with van der Waals surface area (Å²) in [5.41, 5.74) is 1.80. The van der Waals surface area contributed by atoms with Gasteiger partial charge in [-0.15, -0.1) is 11.6 Å². The molecule has 1 unspecified atom stereocenters. The number of ether oxygens (including phenoxy) is 1. The van der Waals surface area contributed by atoms with Crippen molar-refractivity contribution in [3.63, 3.8) is 0 Å². The first-order valence-electron chi connectivity index (χ1n) is 5.72. The van der Waals surface area contributed by atoms with Gasteiger partial charge < -0.3 is 4.74 Å². The predicted octanol–water partition coefficient (Wildman–Crippen LogP) is 4.36. The van der Waals surface area contributed by atoms with Crippen LogP contribution in [0.15, 0.2) is 48.5 Å².